The van der Waals surface area contributed by atoms with E-state index in [1.807, 2.05) is 44.2 Å². The average Bonchev–Trinajstić information content (AvgIpc) is 3.14. The summed E-state index contributed by atoms with van der Waals surface area (Å²) < 4.78 is 5.35. The molecule has 1 fully saturated rings. The molecule has 2 aliphatic rings. The molecule has 0 aliphatic carbocycles. The Balaban J connectivity index is 1.64. The number of amides is 3. The molecular formula is C18H23N3O4. The highest BCUT2D eigenvalue weighted by Gasteiger charge is 2.45. The molecule has 3 amide bonds. The maximum absolute atomic E-state index is 12.4. The maximum Gasteiger partial charge on any atom is 0.414 e. The Bertz CT molecular complexity index is 687. The van der Waals surface area contributed by atoms with Gasteiger partial charge in [0.1, 0.15) is 12.4 Å². The van der Waals surface area contributed by atoms with Crippen LogP contribution in [-0.2, 0) is 11.3 Å². The number of hydrogen-bond acceptors (Lipinski definition) is 4. The summed E-state index contributed by atoms with van der Waals surface area (Å²) in [6.07, 6.45) is 0.0877. The number of benzene rings is 1. The van der Waals surface area contributed by atoms with E-state index in [9.17, 15) is 14.7 Å². The molecule has 1 atom stereocenters. The molecule has 0 saturated carbocycles. The highest BCUT2D eigenvalue weighted by molar-refractivity contribution is 5.78. The van der Waals surface area contributed by atoms with E-state index in [-0.39, 0.29) is 37.0 Å². The highest BCUT2D eigenvalue weighted by Crippen LogP contribution is 2.34. The molecule has 0 bridgehead atoms. The van der Waals surface area contributed by atoms with E-state index in [0.717, 1.165) is 5.56 Å². The van der Waals surface area contributed by atoms with Crippen LogP contribution in [0.5, 0.6) is 0 Å². The molecule has 2 heterocycles. The van der Waals surface area contributed by atoms with Crippen LogP contribution in [0.1, 0.15) is 25.8 Å². The van der Waals surface area contributed by atoms with Gasteiger partial charge >= 0.3 is 12.1 Å². The summed E-state index contributed by atoms with van der Waals surface area (Å²) in [7, 11) is 0. The average molecular weight is 345 g/mol. The number of rotatable bonds is 3. The summed E-state index contributed by atoms with van der Waals surface area (Å²) in [6, 6.07) is 8.90. The SMILES string of the molecule is CC(C)NC(=O)N1CC(O)=C2C1CCN2C(=O)OCc1ccccc1. The molecule has 134 valence electrons. The smallest absolute Gasteiger partial charge is 0.414 e. The summed E-state index contributed by atoms with van der Waals surface area (Å²) >= 11 is 0. The largest absolute Gasteiger partial charge is 0.508 e. The van der Waals surface area contributed by atoms with Gasteiger partial charge in [-0.25, -0.2) is 9.59 Å². The number of nitrogens with one attached hydrogen (secondary N) is 1. The van der Waals surface area contributed by atoms with Gasteiger partial charge in [0.05, 0.1) is 18.3 Å². The minimum Gasteiger partial charge on any atom is -0.508 e. The third-order valence-electron chi connectivity index (χ3n) is 4.32. The Morgan fingerprint density at radius 1 is 1.32 bits per heavy atom. The Kier molecular flexibility index (Phi) is 4.83. The number of fused-ring (bicyclic) bond motifs is 1. The fourth-order valence-electron chi connectivity index (χ4n) is 3.22. The minimum atomic E-state index is -0.501. The molecule has 1 aromatic rings. The molecule has 1 saturated heterocycles. The highest BCUT2D eigenvalue weighted by atomic mass is 16.6. The molecular weight excluding hydrogens is 322 g/mol. The zero-order chi connectivity index (χ0) is 18.0. The van der Waals surface area contributed by atoms with Crippen LogP contribution in [0.2, 0.25) is 0 Å². The van der Waals surface area contributed by atoms with Crippen molar-refractivity contribution in [2.45, 2.75) is 39.0 Å². The fraction of sp³-hybridized carbons (Fsp3) is 0.444. The monoisotopic (exact) mass is 345 g/mol. The number of carbonyl (C=O) groups is 2. The summed E-state index contributed by atoms with van der Waals surface area (Å²) in [5, 5.41) is 13.1. The van der Waals surface area contributed by atoms with Crippen LogP contribution < -0.4 is 5.32 Å². The van der Waals surface area contributed by atoms with Gasteiger partial charge in [-0.3, -0.25) is 4.90 Å². The zero-order valence-corrected chi connectivity index (χ0v) is 14.4. The van der Waals surface area contributed by atoms with Gasteiger partial charge in [0.25, 0.3) is 0 Å². The standard InChI is InChI=1S/C18H23N3O4/c1-12(2)19-17(23)21-10-15(22)16-14(21)8-9-20(16)18(24)25-11-13-6-4-3-5-7-13/h3-7,12,14,22H,8-11H2,1-2H3,(H,19,23). The van der Waals surface area contributed by atoms with Crippen molar-refractivity contribution in [3.8, 4) is 0 Å². The third kappa shape index (κ3) is 3.55. The molecule has 1 aromatic carbocycles. The normalized spacial score (nSPS) is 19.4. The fourth-order valence-corrected chi connectivity index (χ4v) is 3.22. The van der Waals surface area contributed by atoms with Crippen molar-refractivity contribution in [3.05, 3.63) is 47.4 Å². The lowest BCUT2D eigenvalue weighted by Gasteiger charge is -2.24. The van der Waals surface area contributed by atoms with Crippen LogP contribution in [0.15, 0.2) is 41.8 Å². The topological polar surface area (TPSA) is 82.1 Å². The first kappa shape index (κ1) is 17.1. The number of aliphatic hydroxyl groups is 1. The molecule has 7 heteroatoms. The Hall–Kier alpha value is -2.70. The second kappa shape index (κ2) is 7.04. The summed E-state index contributed by atoms with van der Waals surface area (Å²) in [5.74, 6) is 0.0538. The van der Waals surface area contributed by atoms with Crippen molar-refractivity contribution in [2.24, 2.45) is 0 Å². The quantitative estimate of drug-likeness (QED) is 0.882. The van der Waals surface area contributed by atoms with Gasteiger partial charge in [-0.15, -0.1) is 0 Å². The maximum atomic E-state index is 12.4. The van der Waals surface area contributed by atoms with Crippen molar-refractivity contribution in [1.82, 2.24) is 15.1 Å². The number of likely N-dealkylation sites (tertiary alicyclic amines) is 1. The predicted molar refractivity (Wildman–Crippen MR) is 91.8 cm³/mol. The first-order valence-electron chi connectivity index (χ1n) is 8.44. The minimum absolute atomic E-state index is 0.00652. The molecule has 1 unspecified atom stereocenters. The zero-order valence-electron chi connectivity index (χ0n) is 14.4. The lowest BCUT2D eigenvalue weighted by molar-refractivity contribution is 0.110. The Labute approximate surface area is 146 Å². The summed E-state index contributed by atoms with van der Waals surface area (Å²) in [6.45, 7) is 4.46. The van der Waals surface area contributed by atoms with Crippen LogP contribution in [0, 0.1) is 0 Å². The van der Waals surface area contributed by atoms with Crippen molar-refractivity contribution in [2.75, 3.05) is 13.1 Å². The predicted octanol–water partition coefficient (Wildman–Crippen LogP) is 2.60. The number of urea groups is 1. The number of hydrogen-bond donors (Lipinski definition) is 2. The summed E-state index contributed by atoms with van der Waals surface area (Å²) in [4.78, 5) is 27.7. The van der Waals surface area contributed by atoms with E-state index >= 15 is 0 Å². The molecule has 0 spiro atoms. The summed E-state index contributed by atoms with van der Waals surface area (Å²) in [5.41, 5.74) is 1.38. The van der Waals surface area contributed by atoms with E-state index in [1.165, 1.54) is 4.90 Å². The van der Waals surface area contributed by atoms with E-state index in [0.29, 0.717) is 18.7 Å². The van der Waals surface area contributed by atoms with Crippen molar-refractivity contribution in [3.63, 3.8) is 0 Å². The molecule has 0 radical (unpaired) electrons. The molecule has 2 N–H and O–H groups in total. The van der Waals surface area contributed by atoms with Crippen LogP contribution in [0.3, 0.4) is 0 Å². The second-order valence-corrected chi connectivity index (χ2v) is 6.56. The van der Waals surface area contributed by atoms with Gasteiger partial charge in [-0.2, -0.15) is 0 Å². The first-order chi connectivity index (χ1) is 12.0. The number of aliphatic hydroxyl groups excluding tert-OH is 1. The van der Waals surface area contributed by atoms with Crippen LogP contribution in [-0.4, -0.2) is 52.2 Å². The van der Waals surface area contributed by atoms with Gasteiger partial charge in [-0.1, -0.05) is 30.3 Å². The van der Waals surface area contributed by atoms with Crippen LogP contribution >= 0.6 is 0 Å². The Morgan fingerprint density at radius 2 is 2.04 bits per heavy atom. The van der Waals surface area contributed by atoms with Crippen molar-refractivity contribution in [1.29, 1.82) is 0 Å². The van der Waals surface area contributed by atoms with E-state index < -0.39 is 6.09 Å². The number of carbonyl (C=O) groups excluding carboxylic acids is 2. The van der Waals surface area contributed by atoms with Gasteiger partial charge < -0.3 is 20.1 Å². The number of nitrogens with zero attached hydrogens (tertiary/aromatic N) is 2. The Morgan fingerprint density at radius 3 is 2.72 bits per heavy atom. The molecule has 7 nitrogen and oxygen atoms in total. The van der Waals surface area contributed by atoms with Gasteiger partial charge in [-0.05, 0) is 25.8 Å². The van der Waals surface area contributed by atoms with E-state index in [2.05, 4.69) is 5.32 Å². The van der Waals surface area contributed by atoms with E-state index in [4.69, 9.17) is 4.74 Å². The molecule has 2 aliphatic heterocycles. The first-order valence-corrected chi connectivity index (χ1v) is 8.44. The van der Waals surface area contributed by atoms with Crippen LogP contribution in [0.4, 0.5) is 9.59 Å². The van der Waals surface area contributed by atoms with Gasteiger partial charge in [0.2, 0.25) is 0 Å². The molecule has 25 heavy (non-hydrogen) atoms. The van der Waals surface area contributed by atoms with Crippen LogP contribution in [0.25, 0.3) is 0 Å². The molecule has 0 aromatic heterocycles. The van der Waals surface area contributed by atoms with Gasteiger partial charge in [0, 0.05) is 12.6 Å². The van der Waals surface area contributed by atoms with Crippen molar-refractivity contribution < 1.29 is 19.4 Å². The lowest BCUT2D eigenvalue weighted by Crippen LogP contribution is -2.46. The van der Waals surface area contributed by atoms with Gasteiger partial charge in [0.15, 0.2) is 0 Å². The molecule has 3 rings (SSSR count). The van der Waals surface area contributed by atoms with Crippen molar-refractivity contribution >= 4 is 12.1 Å². The second-order valence-electron chi connectivity index (χ2n) is 6.56. The lowest BCUT2D eigenvalue weighted by atomic mass is 10.2. The van der Waals surface area contributed by atoms with E-state index in [1.54, 1.807) is 4.90 Å². The third-order valence-corrected chi connectivity index (χ3v) is 4.32. The number of ether oxygens (including phenoxy) is 1.